The van der Waals surface area contributed by atoms with Crippen molar-refractivity contribution >= 4 is 29.1 Å². The van der Waals surface area contributed by atoms with Crippen LogP contribution in [0.15, 0.2) is 23.1 Å². The fourth-order valence-electron chi connectivity index (χ4n) is 1.43. The second kappa shape index (κ2) is 4.37. The normalized spacial score (nSPS) is 13.6. The van der Waals surface area contributed by atoms with Crippen molar-refractivity contribution in [3.63, 3.8) is 0 Å². The van der Waals surface area contributed by atoms with Crippen molar-refractivity contribution in [1.82, 2.24) is 0 Å². The highest BCUT2D eigenvalue weighted by Crippen LogP contribution is 2.32. The van der Waals surface area contributed by atoms with E-state index in [-0.39, 0.29) is 18.1 Å². The molecule has 1 amide bonds. The van der Waals surface area contributed by atoms with Crippen molar-refractivity contribution in [1.29, 1.82) is 5.26 Å². The Morgan fingerprint density at radius 1 is 1.56 bits per heavy atom. The van der Waals surface area contributed by atoms with Crippen molar-refractivity contribution in [2.45, 2.75) is 11.3 Å². The van der Waals surface area contributed by atoms with Crippen molar-refractivity contribution in [2.24, 2.45) is 0 Å². The Kier molecular flexibility index (Phi) is 2.93. The maximum absolute atomic E-state index is 11.5. The maximum Gasteiger partial charge on any atom is 0.234 e. The summed E-state index contributed by atoms with van der Waals surface area (Å²) in [6.45, 7) is 0. The first-order chi connectivity index (χ1) is 7.70. The van der Waals surface area contributed by atoms with Gasteiger partial charge >= 0.3 is 0 Å². The van der Waals surface area contributed by atoms with Crippen LogP contribution < -0.4 is 5.32 Å². The van der Waals surface area contributed by atoms with Gasteiger partial charge in [0.1, 0.15) is 0 Å². The molecule has 0 spiro atoms. The van der Waals surface area contributed by atoms with Gasteiger partial charge in [-0.1, -0.05) is 6.07 Å². The highest BCUT2D eigenvalue weighted by Gasteiger charge is 2.16. The number of amides is 1. The lowest BCUT2D eigenvalue weighted by molar-refractivity contribution is -0.113. The van der Waals surface area contributed by atoms with E-state index in [0.29, 0.717) is 17.0 Å². The molecule has 0 unspecified atom stereocenters. The maximum atomic E-state index is 11.5. The van der Waals surface area contributed by atoms with Crippen LogP contribution in [0.1, 0.15) is 16.8 Å². The van der Waals surface area contributed by atoms with Crippen molar-refractivity contribution < 1.29 is 9.59 Å². The average Bonchev–Trinajstić information content (AvgIpc) is 2.28. The first-order valence-corrected chi connectivity index (χ1v) is 5.66. The standard InChI is InChI=1S/C11H8N2O2S/c12-4-3-9(14)7-1-2-10-8(5-7)13-11(15)6-16-10/h1-2,5H,3,6H2,(H,13,15). The summed E-state index contributed by atoms with van der Waals surface area (Å²) >= 11 is 1.44. The Morgan fingerprint density at radius 2 is 2.38 bits per heavy atom. The quantitative estimate of drug-likeness (QED) is 0.790. The van der Waals surface area contributed by atoms with E-state index in [2.05, 4.69) is 5.32 Å². The third kappa shape index (κ3) is 2.07. The Hall–Kier alpha value is -1.80. The molecular weight excluding hydrogens is 224 g/mol. The number of carbonyl (C=O) groups excluding carboxylic acids is 2. The number of nitriles is 1. The monoisotopic (exact) mass is 232 g/mol. The highest BCUT2D eigenvalue weighted by molar-refractivity contribution is 8.00. The molecule has 0 bridgehead atoms. The Bertz CT molecular complexity index is 505. The van der Waals surface area contributed by atoms with Gasteiger partial charge in [0.05, 0.1) is 23.9 Å². The summed E-state index contributed by atoms with van der Waals surface area (Å²) in [4.78, 5) is 23.6. The minimum atomic E-state index is -0.227. The summed E-state index contributed by atoms with van der Waals surface area (Å²) in [6, 6.07) is 6.92. The smallest absolute Gasteiger partial charge is 0.234 e. The molecule has 1 aliphatic heterocycles. The summed E-state index contributed by atoms with van der Waals surface area (Å²) in [5, 5.41) is 11.1. The lowest BCUT2D eigenvalue weighted by atomic mass is 10.1. The fraction of sp³-hybridized carbons (Fsp3) is 0.182. The van der Waals surface area contributed by atoms with Gasteiger partial charge in [-0.05, 0) is 12.1 Å². The molecule has 1 heterocycles. The topological polar surface area (TPSA) is 70.0 Å². The number of nitrogens with zero attached hydrogens (tertiary/aromatic N) is 1. The van der Waals surface area contributed by atoms with Crippen LogP contribution >= 0.6 is 11.8 Å². The Balaban J connectivity index is 2.32. The Morgan fingerprint density at radius 3 is 3.12 bits per heavy atom. The molecule has 4 nitrogen and oxygen atoms in total. The predicted molar refractivity (Wildman–Crippen MR) is 60.4 cm³/mol. The summed E-state index contributed by atoms with van der Waals surface area (Å²) in [6.07, 6.45) is -0.139. The van der Waals surface area contributed by atoms with Gasteiger partial charge < -0.3 is 5.32 Å². The number of carbonyl (C=O) groups is 2. The molecule has 0 saturated carbocycles. The lowest BCUT2D eigenvalue weighted by Gasteiger charge is -2.16. The second-order valence-corrected chi connectivity index (χ2v) is 4.32. The van der Waals surface area contributed by atoms with Gasteiger partial charge in [-0.3, -0.25) is 9.59 Å². The van der Waals surface area contributed by atoms with Crippen molar-refractivity contribution in [3.05, 3.63) is 23.8 Å². The van der Waals surface area contributed by atoms with Crippen LogP contribution in [0.2, 0.25) is 0 Å². The molecule has 2 rings (SSSR count). The van der Waals surface area contributed by atoms with Gasteiger partial charge in [0, 0.05) is 10.5 Å². The summed E-state index contributed by atoms with van der Waals surface area (Å²) < 4.78 is 0. The highest BCUT2D eigenvalue weighted by atomic mass is 32.2. The largest absolute Gasteiger partial charge is 0.324 e. The minimum absolute atomic E-state index is 0.0672. The van der Waals surface area contributed by atoms with Gasteiger partial charge in [0.2, 0.25) is 5.91 Å². The van der Waals surface area contributed by atoms with Crippen LogP contribution in [0.5, 0.6) is 0 Å². The van der Waals surface area contributed by atoms with E-state index in [1.165, 1.54) is 11.8 Å². The lowest BCUT2D eigenvalue weighted by Crippen LogP contribution is -2.19. The van der Waals surface area contributed by atoms with Gasteiger partial charge in [0.25, 0.3) is 0 Å². The molecule has 1 aliphatic rings. The van der Waals surface area contributed by atoms with E-state index in [0.717, 1.165) is 4.90 Å². The number of fused-ring (bicyclic) bond motifs is 1. The average molecular weight is 232 g/mol. The molecule has 0 aromatic heterocycles. The van der Waals surface area contributed by atoms with E-state index >= 15 is 0 Å². The van der Waals surface area contributed by atoms with E-state index in [1.807, 2.05) is 6.07 Å². The van der Waals surface area contributed by atoms with Gasteiger partial charge in [0.15, 0.2) is 5.78 Å². The fourth-order valence-corrected chi connectivity index (χ4v) is 2.22. The van der Waals surface area contributed by atoms with E-state index in [4.69, 9.17) is 5.26 Å². The third-order valence-electron chi connectivity index (χ3n) is 2.17. The van der Waals surface area contributed by atoms with E-state index < -0.39 is 0 Å². The second-order valence-electron chi connectivity index (χ2n) is 3.31. The zero-order chi connectivity index (χ0) is 11.5. The number of thioether (sulfide) groups is 1. The number of hydrogen-bond acceptors (Lipinski definition) is 4. The molecule has 0 fully saturated rings. The first-order valence-electron chi connectivity index (χ1n) is 4.67. The summed E-state index contributed by atoms with van der Waals surface area (Å²) in [5.74, 6) is 0.107. The van der Waals surface area contributed by atoms with Crippen LogP contribution in [0.3, 0.4) is 0 Å². The molecule has 0 radical (unpaired) electrons. The number of Topliss-reactive ketones (excluding diaryl/α,β-unsaturated/α-hetero) is 1. The first kappa shape index (κ1) is 10.7. The molecule has 1 aromatic rings. The molecule has 1 N–H and O–H groups in total. The number of ketones is 1. The molecule has 0 saturated heterocycles. The number of anilines is 1. The van der Waals surface area contributed by atoms with Crippen LogP contribution in [0.25, 0.3) is 0 Å². The van der Waals surface area contributed by atoms with Crippen LogP contribution in [-0.4, -0.2) is 17.4 Å². The van der Waals surface area contributed by atoms with Crippen molar-refractivity contribution in [3.8, 4) is 6.07 Å². The van der Waals surface area contributed by atoms with Gasteiger partial charge in [-0.2, -0.15) is 5.26 Å². The van der Waals surface area contributed by atoms with Gasteiger partial charge in [-0.15, -0.1) is 11.8 Å². The zero-order valence-corrected chi connectivity index (χ0v) is 9.13. The number of nitrogens with one attached hydrogen (secondary N) is 1. The SMILES string of the molecule is N#CCC(=O)c1ccc2c(c1)NC(=O)CS2. The third-order valence-corrected chi connectivity index (χ3v) is 3.25. The van der Waals surface area contributed by atoms with Crippen LogP contribution in [0, 0.1) is 11.3 Å². The zero-order valence-electron chi connectivity index (χ0n) is 8.32. The number of rotatable bonds is 2. The molecule has 80 valence electrons. The predicted octanol–water partition coefficient (Wildman–Crippen LogP) is 1.83. The number of benzene rings is 1. The van der Waals surface area contributed by atoms with Crippen LogP contribution in [-0.2, 0) is 4.79 Å². The summed E-state index contributed by atoms with van der Waals surface area (Å²) in [5.41, 5.74) is 1.12. The molecule has 0 atom stereocenters. The Labute approximate surface area is 96.6 Å². The van der Waals surface area contributed by atoms with E-state index in [9.17, 15) is 9.59 Å². The van der Waals surface area contributed by atoms with Crippen LogP contribution in [0.4, 0.5) is 5.69 Å². The molecule has 1 aromatic carbocycles. The minimum Gasteiger partial charge on any atom is -0.324 e. The molecular formula is C11H8N2O2S. The molecule has 16 heavy (non-hydrogen) atoms. The van der Waals surface area contributed by atoms with E-state index in [1.54, 1.807) is 18.2 Å². The molecule has 5 heteroatoms. The van der Waals surface area contributed by atoms with Crippen molar-refractivity contribution in [2.75, 3.05) is 11.1 Å². The van der Waals surface area contributed by atoms with Gasteiger partial charge in [-0.25, -0.2) is 0 Å². The summed E-state index contributed by atoms with van der Waals surface area (Å²) in [7, 11) is 0. The number of hydrogen-bond donors (Lipinski definition) is 1. The molecule has 0 aliphatic carbocycles.